The molecule has 2 N–H and O–H groups in total. The minimum Gasteiger partial charge on any atom is -0.504 e. The monoisotopic (exact) mass is 395 g/mol. The first-order valence-corrected chi connectivity index (χ1v) is 8.45. The van der Waals surface area contributed by atoms with Gasteiger partial charge in [0.05, 0.1) is 13.5 Å². The van der Waals surface area contributed by atoms with Crippen molar-refractivity contribution in [2.24, 2.45) is 0 Å². The number of nitrogens with zero attached hydrogens (tertiary/aromatic N) is 4. The Balaban J connectivity index is 1.76. The molecule has 1 amide bonds. The Hall–Kier alpha value is -3.92. The number of carbonyl (C=O) groups excluding carboxylic acids is 1. The van der Waals surface area contributed by atoms with Crippen LogP contribution in [0.15, 0.2) is 47.0 Å². The van der Waals surface area contributed by atoms with Crippen LogP contribution >= 0.6 is 0 Å². The summed E-state index contributed by atoms with van der Waals surface area (Å²) in [5.41, 5.74) is 2.99. The van der Waals surface area contributed by atoms with E-state index in [1.165, 1.54) is 25.4 Å². The van der Waals surface area contributed by atoms with Crippen molar-refractivity contribution in [3.8, 4) is 17.3 Å². The van der Waals surface area contributed by atoms with Crippen molar-refractivity contribution in [3.63, 3.8) is 0 Å². The number of hydrogen-bond acceptors (Lipinski definition) is 8. The Bertz CT molecular complexity index is 1190. The second kappa shape index (κ2) is 7.60. The highest BCUT2D eigenvalue weighted by atomic mass is 19.1. The van der Waals surface area contributed by atoms with Crippen LogP contribution in [0.2, 0.25) is 0 Å². The molecule has 0 spiro atoms. The van der Waals surface area contributed by atoms with Crippen molar-refractivity contribution >= 4 is 16.8 Å². The Labute approximate surface area is 163 Å². The molecule has 3 aromatic heterocycles. The van der Waals surface area contributed by atoms with Crippen molar-refractivity contribution in [1.82, 2.24) is 25.6 Å². The third-order valence-corrected chi connectivity index (χ3v) is 4.08. The SMILES string of the molecule is CONC(=O)c1nc(-c2nnc(Cc3ccc(F)cc3)o2)c(O)c2ncccc12. The van der Waals surface area contributed by atoms with Gasteiger partial charge in [-0.2, -0.15) is 0 Å². The number of hydrogen-bond donors (Lipinski definition) is 2. The van der Waals surface area contributed by atoms with Crippen LogP contribution in [-0.4, -0.2) is 38.3 Å². The van der Waals surface area contributed by atoms with Gasteiger partial charge in [0.15, 0.2) is 11.4 Å². The van der Waals surface area contributed by atoms with Gasteiger partial charge in [0, 0.05) is 11.6 Å². The number of benzene rings is 1. The van der Waals surface area contributed by atoms with Gasteiger partial charge in [0.2, 0.25) is 5.89 Å². The lowest BCUT2D eigenvalue weighted by molar-refractivity contribution is 0.0534. The summed E-state index contributed by atoms with van der Waals surface area (Å²) in [4.78, 5) is 25.3. The Kier molecular flexibility index (Phi) is 4.83. The molecule has 4 aromatic rings. The normalized spacial score (nSPS) is 11.0. The molecule has 1 aromatic carbocycles. The minimum atomic E-state index is -0.627. The van der Waals surface area contributed by atoms with Crippen molar-refractivity contribution in [2.45, 2.75) is 6.42 Å². The number of rotatable bonds is 5. The average Bonchev–Trinajstić information content (AvgIpc) is 3.18. The minimum absolute atomic E-state index is 0.0268. The number of fused-ring (bicyclic) bond motifs is 1. The van der Waals surface area contributed by atoms with Crippen LogP contribution < -0.4 is 5.48 Å². The zero-order valence-electron chi connectivity index (χ0n) is 15.1. The Morgan fingerprint density at radius 3 is 2.79 bits per heavy atom. The smallest absolute Gasteiger partial charge is 0.294 e. The van der Waals surface area contributed by atoms with E-state index in [-0.39, 0.29) is 46.7 Å². The van der Waals surface area contributed by atoms with Gasteiger partial charge in [-0.3, -0.25) is 14.6 Å². The molecule has 0 fully saturated rings. The first kappa shape index (κ1) is 18.4. The van der Waals surface area contributed by atoms with Crippen molar-refractivity contribution < 1.29 is 23.5 Å². The molecule has 9 nitrogen and oxygen atoms in total. The van der Waals surface area contributed by atoms with E-state index in [0.717, 1.165) is 5.56 Å². The third-order valence-electron chi connectivity index (χ3n) is 4.08. The molecule has 0 radical (unpaired) electrons. The molecule has 0 bridgehead atoms. The van der Waals surface area contributed by atoms with Gasteiger partial charge in [0.25, 0.3) is 11.8 Å². The molecule has 29 heavy (non-hydrogen) atoms. The van der Waals surface area contributed by atoms with Crippen LogP contribution in [0.4, 0.5) is 4.39 Å². The van der Waals surface area contributed by atoms with Crippen LogP contribution in [-0.2, 0) is 11.3 Å². The van der Waals surface area contributed by atoms with Gasteiger partial charge in [-0.25, -0.2) is 14.9 Å². The Morgan fingerprint density at radius 2 is 2.03 bits per heavy atom. The maximum absolute atomic E-state index is 13.0. The molecule has 0 aliphatic carbocycles. The van der Waals surface area contributed by atoms with Gasteiger partial charge >= 0.3 is 0 Å². The maximum atomic E-state index is 13.0. The van der Waals surface area contributed by atoms with Crippen LogP contribution in [0.25, 0.3) is 22.5 Å². The lowest BCUT2D eigenvalue weighted by atomic mass is 10.1. The van der Waals surface area contributed by atoms with Gasteiger partial charge in [0.1, 0.15) is 17.0 Å². The topological polar surface area (TPSA) is 123 Å². The summed E-state index contributed by atoms with van der Waals surface area (Å²) in [5.74, 6) is -1.13. The molecule has 0 saturated heterocycles. The molecule has 0 aliphatic heterocycles. The second-order valence-electron chi connectivity index (χ2n) is 6.00. The highest BCUT2D eigenvalue weighted by Crippen LogP contribution is 2.34. The first-order chi connectivity index (χ1) is 14.1. The van der Waals surface area contributed by atoms with E-state index in [1.807, 2.05) is 0 Å². The molecule has 0 unspecified atom stereocenters. The number of halogens is 1. The molecule has 0 aliphatic rings. The van der Waals surface area contributed by atoms with Gasteiger partial charge in [-0.05, 0) is 29.8 Å². The standard InChI is InChI=1S/C19H14FN5O4/c1-28-25-18(27)15-12-3-2-8-21-14(12)17(26)16(22-15)19-24-23-13(29-19)9-10-4-6-11(20)7-5-10/h2-8,26H,9H2,1H3,(H,25,27). The molecule has 146 valence electrons. The summed E-state index contributed by atoms with van der Waals surface area (Å²) in [5, 5.41) is 18.8. The summed E-state index contributed by atoms with van der Waals surface area (Å²) in [6.07, 6.45) is 1.73. The fraction of sp³-hybridized carbons (Fsp3) is 0.105. The predicted octanol–water partition coefficient (Wildman–Crippen LogP) is 2.41. The molecule has 0 saturated carbocycles. The van der Waals surface area contributed by atoms with E-state index in [0.29, 0.717) is 5.39 Å². The van der Waals surface area contributed by atoms with Crippen molar-refractivity contribution in [2.75, 3.05) is 7.11 Å². The molecule has 3 heterocycles. The van der Waals surface area contributed by atoms with Crippen molar-refractivity contribution in [3.05, 3.63) is 65.6 Å². The summed E-state index contributed by atoms with van der Waals surface area (Å²) < 4.78 is 18.6. The summed E-state index contributed by atoms with van der Waals surface area (Å²) in [7, 11) is 1.29. The van der Waals surface area contributed by atoms with E-state index in [4.69, 9.17) is 4.42 Å². The number of pyridine rings is 2. The van der Waals surface area contributed by atoms with Gasteiger partial charge in [-0.15, -0.1) is 10.2 Å². The molecular formula is C19H14FN5O4. The van der Waals surface area contributed by atoms with E-state index >= 15 is 0 Å². The summed E-state index contributed by atoms with van der Waals surface area (Å²) in [6.45, 7) is 0. The summed E-state index contributed by atoms with van der Waals surface area (Å²) >= 11 is 0. The van der Waals surface area contributed by atoms with E-state index in [2.05, 4.69) is 30.5 Å². The van der Waals surface area contributed by atoms with Crippen LogP contribution in [0.5, 0.6) is 5.75 Å². The molecule has 0 atom stereocenters. The first-order valence-electron chi connectivity index (χ1n) is 8.45. The van der Waals surface area contributed by atoms with Gasteiger partial charge < -0.3 is 9.52 Å². The van der Waals surface area contributed by atoms with Gasteiger partial charge in [-0.1, -0.05) is 12.1 Å². The fourth-order valence-electron chi connectivity index (χ4n) is 2.78. The van der Waals surface area contributed by atoms with E-state index < -0.39 is 5.91 Å². The average molecular weight is 395 g/mol. The van der Waals surface area contributed by atoms with E-state index in [9.17, 15) is 14.3 Å². The summed E-state index contributed by atoms with van der Waals surface area (Å²) in [6, 6.07) is 9.06. The highest BCUT2D eigenvalue weighted by molar-refractivity contribution is 6.06. The van der Waals surface area contributed by atoms with Crippen LogP contribution in [0, 0.1) is 5.82 Å². The third kappa shape index (κ3) is 3.60. The zero-order valence-corrected chi connectivity index (χ0v) is 15.1. The number of carbonyl (C=O) groups is 1. The van der Waals surface area contributed by atoms with Crippen LogP contribution in [0.3, 0.4) is 0 Å². The lowest BCUT2D eigenvalue weighted by Crippen LogP contribution is -2.23. The number of aromatic hydroxyl groups is 1. The largest absolute Gasteiger partial charge is 0.504 e. The second-order valence-corrected chi connectivity index (χ2v) is 6.00. The van der Waals surface area contributed by atoms with Crippen LogP contribution in [0.1, 0.15) is 21.9 Å². The number of hydroxylamine groups is 1. The number of aromatic nitrogens is 4. The Morgan fingerprint density at radius 1 is 1.24 bits per heavy atom. The molecular weight excluding hydrogens is 381 g/mol. The van der Waals surface area contributed by atoms with E-state index in [1.54, 1.807) is 24.3 Å². The predicted molar refractivity (Wildman–Crippen MR) is 98.2 cm³/mol. The maximum Gasteiger partial charge on any atom is 0.294 e. The molecule has 10 heteroatoms. The molecule has 4 rings (SSSR count). The highest BCUT2D eigenvalue weighted by Gasteiger charge is 2.23. The number of amides is 1. The lowest BCUT2D eigenvalue weighted by Gasteiger charge is -2.09. The fourth-order valence-corrected chi connectivity index (χ4v) is 2.78. The number of nitrogens with one attached hydrogen (secondary N) is 1. The zero-order chi connectivity index (χ0) is 20.4. The van der Waals surface area contributed by atoms with Crippen molar-refractivity contribution in [1.29, 1.82) is 0 Å². The quantitative estimate of drug-likeness (QED) is 0.494.